The minimum Gasteiger partial charge on any atom is -0.384 e. The van der Waals surface area contributed by atoms with Crippen molar-refractivity contribution < 1.29 is 0 Å². The smallest absolute Gasteiger partial charge is 0.125 e. The van der Waals surface area contributed by atoms with Gasteiger partial charge in [0.15, 0.2) is 0 Å². The third-order valence-electron chi connectivity index (χ3n) is 1.48. The standard InChI is InChI=1S/C6H8N4/c7-6-1-4-5(2-8-6)10-3-9-4/h1-2,9-10H,3H2,(H2,7,8). The predicted octanol–water partition coefficient (Wildman–Crippen LogP) is 0.459. The molecule has 4 heteroatoms. The molecular formula is C6H8N4. The molecule has 4 nitrogen and oxygen atoms in total. The molecule has 0 bridgehead atoms. The molecule has 2 rings (SSSR count). The van der Waals surface area contributed by atoms with E-state index in [4.69, 9.17) is 5.73 Å². The van der Waals surface area contributed by atoms with E-state index in [-0.39, 0.29) is 0 Å². The summed E-state index contributed by atoms with van der Waals surface area (Å²) in [6, 6.07) is 1.81. The van der Waals surface area contributed by atoms with E-state index >= 15 is 0 Å². The Morgan fingerprint density at radius 2 is 2.20 bits per heavy atom. The van der Waals surface area contributed by atoms with Gasteiger partial charge in [0.1, 0.15) is 5.82 Å². The molecule has 0 unspecified atom stereocenters. The van der Waals surface area contributed by atoms with Crippen molar-refractivity contribution in [1.82, 2.24) is 4.98 Å². The van der Waals surface area contributed by atoms with Gasteiger partial charge < -0.3 is 16.4 Å². The van der Waals surface area contributed by atoms with Gasteiger partial charge in [-0.25, -0.2) is 4.98 Å². The minimum absolute atomic E-state index is 0.551. The van der Waals surface area contributed by atoms with E-state index in [0.29, 0.717) is 5.82 Å². The lowest BCUT2D eigenvalue weighted by Crippen LogP contribution is -1.98. The number of anilines is 3. The number of nitrogens with zero attached hydrogens (tertiary/aromatic N) is 1. The molecule has 10 heavy (non-hydrogen) atoms. The molecule has 0 fully saturated rings. The first-order chi connectivity index (χ1) is 4.86. The zero-order valence-corrected chi connectivity index (χ0v) is 5.39. The zero-order valence-electron chi connectivity index (χ0n) is 5.39. The molecule has 0 amide bonds. The fourth-order valence-electron chi connectivity index (χ4n) is 0.993. The molecule has 0 spiro atoms. The molecule has 0 aliphatic carbocycles. The lowest BCUT2D eigenvalue weighted by Gasteiger charge is -1.96. The van der Waals surface area contributed by atoms with Crippen LogP contribution in [-0.2, 0) is 0 Å². The van der Waals surface area contributed by atoms with Crippen LogP contribution < -0.4 is 16.4 Å². The summed E-state index contributed by atoms with van der Waals surface area (Å²) >= 11 is 0. The summed E-state index contributed by atoms with van der Waals surface area (Å²) in [6.07, 6.45) is 1.73. The topological polar surface area (TPSA) is 63.0 Å². The van der Waals surface area contributed by atoms with Crippen molar-refractivity contribution >= 4 is 17.2 Å². The van der Waals surface area contributed by atoms with Crippen molar-refractivity contribution in [2.24, 2.45) is 0 Å². The van der Waals surface area contributed by atoms with Gasteiger partial charge in [0, 0.05) is 6.07 Å². The van der Waals surface area contributed by atoms with E-state index in [1.54, 1.807) is 6.20 Å². The first kappa shape index (κ1) is 5.34. The Kier molecular flexibility index (Phi) is 0.943. The van der Waals surface area contributed by atoms with Crippen LogP contribution in [0.2, 0.25) is 0 Å². The first-order valence-electron chi connectivity index (χ1n) is 3.09. The number of pyridine rings is 1. The Labute approximate surface area is 58.4 Å². The van der Waals surface area contributed by atoms with Crippen molar-refractivity contribution in [3.05, 3.63) is 12.3 Å². The Morgan fingerprint density at radius 1 is 1.40 bits per heavy atom. The number of fused-ring (bicyclic) bond motifs is 1. The van der Waals surface area contributed by atoms with Gasteiger partial charge in [-0.15, -0.1) is 0 Å². The van der Waals surface area contributed by atoms with Crippen LogP contribution in [0.15, 0.2) is 12.3 Å². The van der Waals surface area contributed by atoms with Crippen LogP contribution in [0.3, 0.4) is 0 Å². The van der Waals surface area contributed by atoms with Gasteiger partial charge in [-0.05, 0) is 0 Å². The van der Waals surface area contributed by atoms with Crippen LogP contribution in [0.25, 0.3) is 0 Å². The Balaban J connectivity index is 2.52. The molecular weight excluding hydrogens is 128 g/mol. The van der Waals surface area contributed by atoms with Crippen molar-refractivity contribution in [1.29, 1.82) is 0 Å². The van der Waals surface area contributed by atoms with Gasteiger partial charge in [0.25, 0.3) is 0 Å². The average Bonchev–Trinajstić information content (AvgIpc) is 2.33. The molecule has 1 aromatic rings. The van der Waals surface area contributed by atoms with Crippen molar-refractivity contribution in [2.45, 2.75) is 0 Å². The summed E-state index contributed by atoms with van der Waals surface area (Å²) in [4.78, 5) is 3.93. The lowest BCUT2D eigenvalue weighted by molar-refractivity contribution is 1.30. The molecule has 1 aliphatic rings. The molecule has 52 valence electrons. The highest BCUT2D eigenvalue weighted by atomic mass is 15.1. The van der Waals surface area contributed by atoms with Crippen LogP contribution in [-0.4, -0.2) is 11.7 Å². The summed E-state index contributed by atoms with van der Waals surface area (Å²) in [5.74, 6) is 0.551. The van der Waals surface area contributed by atoms with Crippen LogP contribution in [0, 0.1) is 0 Å². The van der Waals surface area contributed by atoms with Crippen LogP contribution >= 0.6 is 0 Å². The quantitative estimate of drug-likeness (QED) is 0.485. The van der Waals surface area contributed by atoms with E-state index < -0.39 is 0 Å². The van der Waals surface area contributed by atoms with E-state index in [2.05, 4.69) is 15.6 Å². The van der Waals surface area contributed by atoms with Gasteiger partial charge in [0.2, 0.25) is 0 Å². The van der Waals surface area contributed by atoms with Gasteiger partial charge in [0.05, 0.1) is 24.2 Å². The van der Waals surface area contributed by atoms with Crippen LogP contribution in [0.5, 0.6) is 0 Å². The molecule has 0 radical (unpaired) electrons. The van der Waals surface area contributed by atoms with Gasteiger partial charge in [-0.1, -0.05) is 0 Å². The Hall–Kier alpha value is -1.45. The van der Waals surface area contributed by atoms with Crippen LogP contribution in [0.1, 0.15) is 0 Å². The molecule has 4 N–H and O–H groups in total. The highest BCUT2D eigenvalue weighted by molar-refractivity contribution is 5.74. The fraction of sp³-hybridized carbons (Fsp3) is 0.167. The summed E-state index contributed by atoms with van der Waals surface area (Å²) < 4.78 is 0. The maximum absolute atomic E-state index is 5.45. The van der Waals surface area contributed by atoms with Crippen molar-refractivity contribution in [3.8, 4) is 0 Å². The number of nitrogens with two attached hydrogens (primary N) is 1. The summed E-state index contributed by atoms with van der Waals surface area (Å²) in [5, 5.41) is 6.21. The summed E-state index contributed by atoms with van der Waals surface area (Å²) in [7, 11) is 0. The Morgan fingerprint density at radius 3 is 3.10 bits per heavy atom. The average molecular weight is 136 g/mol. The first-order valence-corrected chi connectivity index (χ1v) is 3.09. The fourth-order valence-corrected chi connectivity index (χ4v) is 0.993. The Bertz CT molecular complexity index is 258. The van der Waals surface area contributed by atoms with Crippen molar-refractivity contribution in [3.63, 3.8) is 0 Å². The van der Waals surface area contributed by atoms with E-state index in [9.17, 15) is 0 Å². The minimum atomic E-state index is 0.551. The number of rotatable bonds is 0. The second kappa shape index (κ2) is 1.76. The molecule has 1 aliphatic heterocycles. The second-order valence-electron chi connectivity index (χ2n) is 2.19. The highest BCUT2D eigenvalue weighted by Crippen LogP contribution is 2.25. The second-order valence-corrected chi connectivity index (χ2v) is 2.19. The molecule has 1 aromatic heterocycles. The maximum Gasteiger partial charge on any atom is 0.125 e. The highest BCUT2D eigenvalue weighted by Gasteiger charge is 2.07. The number of nitrogen functional groups attached to an aromatic ring is 1. The molecule has 0 aromatic carbocycles. The predicted molar refractivity (Wildman–Crippen MR) is 40.8 cm³/mol. The summed E-state index contributed by atoms with van der Waals surface area (Å²) in [6.45, 7) is 0.764. The van der Waals surface area contributed by atoms with Gasteiger partial charge in [-0.3, -0.25) is 0 Å². The molecule has 0 atom stereocenters. The third kappa shape index (κ3) is 0.655. The maximum atomic E-state index is 5.45. The number of nitrogens with one attached hydrogen (secondary N) is 2. The third-order valence-corrected chi connectivity index (χ3v) is 1.48. The largest absolute Gasteiger partial charge is 0.384 e. The number of hydrogen-bond donors (Lipinski definition) is 3. The van der Waals surface area contributed by atoms with E-state index in [0.717, 1.165) is 18.0 Å². The van der Waals surface area contributed by atoms with E-state index in [1.807, 2.05) is 6.07 Å². The molecule has 0 saturated carbocycles. The summed E-state index contributed by atoms with van der Waals surface area (Å²) in [5.41, 5.74) is 7.51. The number of hydrogen-bond acceptors (Lipinski definition) is 4. The van der Waals surface area contributed by atoms with Gasteiger partial charge >= 0.3 is 0 Å². The van der Waals surface area contributed by atoms with Crippen molar-refractivity contribution in [2.75, 3.05) is 23.0 Å². The molecule has 2 heterocycles. The number of aromatic nitrogens is 1. The van der Waals surface area contributed by atoms with E-state index in [1.165, 1.54) is 0 Å². The van der Waals surface area contributed by atoms with Crippen LogP contribution in [0.4, 0.5) is 17.2 Å². The lowest BCUT2D eigenvalue weighted by atomic mass is 10.3. The normalized spacial score (nSPS) is 13.6. The van der Waals surface area contributed by atoms with Gasteiger partial charge in [-0.2, -0.15) is 0 Å². The monoisotopic (exact) mass is 136 g/mol. The zero-order chi connectivity index (χ0) is 6.97. The molecule has 0 saturated heterocycles. The SMILES string of the molecule is Nc1cc2c(cn1)NCN2.